The van der Waals surface area contributed by atoms with Gasteiger partial charge in [-0.2, -0.15) is 0 Å². The number of unbranched alkanes of at least 4 members (excludes halogenated alkanes) is 8. The Bertz CT molecular complexity index is 664. The summed E-state index contributed by atoms with van der Waals surface area (Å²) in [6.45, 7) is 2.24. The number of aliphatic hydroxyl groups excluding tert-OH is 1. The molecule has 0 spiro atoms. The van der Waals surface area contributed by atoms with Gasteiger partial charge in [0.1, 0.15) is 6.10 Å². The normalized spacial score (nSPS) is 19.4. The van der Waals surface area contributed by atoms with Crippen molar-refractivity contribution in [3.8, 4) is 0 Å². The minimum atomic E-state index is -0.371. The number of aliphatic hydroxyl groups is 1. The Hall–Kier alpha value is -1.87. The van der Waals surface area contributed by atoms with Gasteiger partial charge in [-0.05, 0) is 50.5 Å². The lowest BCUT2D eigenvalue weighted by Gasteiger charge is -2.36. The van der Waals surface area contributed by atoms with Crippen LogP contribution in [-0.4, -0.2) is 23.3 Å². The van der Waals surface area contributed by atoms with Crippen LogP contribution in [0, 0.1) is 5.92 Å². The number of hydrogen-bond acceptors (Lipinski definition) is 3. The summed E-state index contributed by atoms with van der Waals surface area (Å²) in [6, 6.07) is 10.1. The standard InChI is InChI=1S/C29H44O3/c1-2-3-4-5-6-7-8-9-10-11-12-13-14-15-19-22-26(30)24-28-27(29(31)32-28)23-25-20-17-16-18-21-25/h6-7,9-10,16-18,20-21,26-28,30H,2-5,8,11-15,19,22-24H2,1H3/b7-6-,10-9+/t26-,27-,28-/m0/s1. The van der Waals surface area contributed by atoms with Crippen molar-refractivity contribution < 1.29 is 14.6 Å². The van der Waals surface area contributed by atoms with E-state index in [0.29, 0.717) is 12.8 Å². The molecule has 1 saturated heterocycles. The molecule has 0 radical (unpaired) electrons. The third kappa shape index (κ3) is 11.1. The fourth-order valence-electron chi connectivity index (χ4n) is 4.27. The van der Waals surface area contributed by atoms with Gasteiger partial charge in [-0.15, -0.1) is 0 Å². The van der Waals surface area contributed by atoms with Crippen LogP contribution in [-0.2, 0) is 16.0 Å². The Morgan fingerprint density at radius 3 is 2.25 bits per heavy atom. The number of rotatable bonds is 18. The molecule has 0 bridgehead atoms. The van der Waals surface area contributed by atoms with Crippen LogP contribution in [0.5, 0.6) is 0 Å². The Morgan fingerprint density at radius 2 is 1.56 bits per heavy atom. The number of carbonyl (C=O) groups excluding carboxylic acids is 1. The van der Waals surface area contributed by atoms with E-state index in [2.05, 4.69) is 31.2 Å². The van der Waals surface area contributed by atoms with E-state index in [9.17, 15) is 9.90 Å². The largest absolute Gasteiger partial charge is 0.461 e. The zero-order valence-electron chi connectivity index (χ0n) is 20.1. The smallest absolute Gasteiger partial charge is 0.313 e. The van der Waals surface area contributed by atoms with Crippen molar-refractivity contribution in [2.45, 2.75) is 109 Å². The lowest BCUT2D eigenvalue weighted by molar-refractivity contribution is -0.187. The summed E-state index contributed by atoms with van der Waals surface area (Å²) in [5.74, 6) is -0.222. The zero-order valence-corrected chi connectivity index (χ0v) is 20.1. The molecule has 1 fully saturated rings. The maximum absolute atomic E-state index is 11.8. The second kappa shape index (κ2) is 16.7. The van der Waals surface area contributed by atoms with E-state index in [1.807, 2.05) is 30.3 Å². The Labute approximate surface area is 196 Å². The molecule has 0 saturated carbocycles. The summed E-state index contributed by atoms with van der Waals surface area (Å²) in [7, 11) is 0. The average molecular weight is 441 g/mol. The number of carbonyl (C=O) groups is 1. The number of hydrogen-bond donors (Lipinski definition) is 1. The Kier molecular flexibility index (Phi) is 13.8. The third-order valence-corrected chi connectivity index (χ3v) is 6.31. The first-order chi connectivity index (χ1) is 15.7. The molecule has 0 aliphatic carbocycles. The van der Waals surface area contributed by atoms with Crippen molar-refractivity contribution in [3.63, 3.8) is 0 Å². The number of cyclic esters (lactones) is 1. The highest BCUT2D eigenvalue weighted by Gasteiger charge is 2.42. The maximum Gasteiger partial charge on any atom is 0.313 e. The van der Waals surface area contributed by atoms with E-state index in [4.69, 9.17) is 4.74 Å². The van der Waals surface area contributed by atoms with Gasteiger partial charge in [0.2, 0.25) is 0 Å². The Morgan fingerprint density at radius 1 is 0.906 bits per heavy atom. The van der Waals surface area contributed by atoms with Crippen molar-refractivity contribution in [2.24, 2.45) is 5.92 Å². The topological polar surface area (TPSA) is 46.5 Å². The fourth-order valence-corrected chi connectivity index (χ4v) is 4.27. The fraction of sp³-hybridized carbons (Fsp3) is 0.621. The number of ether oxygens (including phenoxy) is 1. The highest BCUT2D eigenvalue weighted by Crippen LogP contribution is 2.30. The molecule has 3 nitrogen and oxygen atoms in total. The van der Waals surface area contributed by atoms with E-state index in [-0.39, 0.29) is 24.1 Å². The number of allylic oxidation sites excluding steroid dienone is 4. The van der Waals surface area contributed by atoms with Crippen LogP contribution in [0.2, 0.25) is 0 Å². The van der Waals surface area contributed by atoms with Gasteiger partial charge in [0.15, 0.2) is 0 Å². The van der Waals surface area contributed by atoms with E-state index >= 15 is 0 Å². The van der Waals surface area contributed by atoms with Crippen molar-refractivity contribution in [3.05, 3.63) is 60.2 Å². The van der Waals surface area contributed by atoms with Crippen LogP contribution in [0.25, 0.3) is 0 Å². The van der Waals surface area contributed by atoms with Crippen LogP contribution in [0.1, 0.15) is 96.0 Å². The summed E-state index contributed by atoms with van der Waals surface area (Å²) in [5.41, 5.74) is 1.15. The second-order valence-corrected chi connectivity index (χ2v) is 9.18. The first-order valence-electron chi connectivity index (χ1n) is 12.9. The van der Waals surface area contributed by atoms with Crippen LogP contribution < -0.4 is 0 Å². The number of benzene rings is 1. The summed E-state index contributed by atoms with van der Waals surface area (Å²) < 4.78 is 5.31. The molecule has 1 aromatic carbocycles. The van der Waals surface area contributed by atoms with Crippen molar-refractivity contribution in [1.82, 2.24) is 0 Å². The predicted octanol–water partition coefficient (Wildman–Crippen LogP) is 7.34. The highest BCUT2D eigenvalue weighted by molar-refractivity contribution is 5.78. The van der Waals surface area contributed by atoms with Crippen molar-refractivity contribution >= 4 is 5.97 Å². The molecule has 1 aromatic rings. The molecule has 32 heavy (non-hydrogen) atoms. The monoisotopic (exact) mass is 440 g/mol. The molecule has 1 aliphatic rings. The van der Waals surface area contributed by atoms with Gasteiger partial charge in [-0.1, -0.05) is 100 Å². The first-order valence-corrected chi connectivity index (χ1v) is 12.9. The zero-order chi connectivity index (χ0) is 22.9. The molecule has 178 valence electrons. The number of esters is 1. The van der Waals surface area contributed by atoms with Gasteiger partial charge in [-0.3, -0.25) is 4.79 Å². The van der Waals surface area contributed by atoms with Crippen LogP contribution in [0.4, 0.5) is 0 Å². The van der Waals surface area contributed by atoms with E-state index in [1.165, 1.54) is 57.8 Å². The molecule has 3 atom stereocenters. The molecule has 1 aliphatic heterocycles. The first kappa shape index (κ1) is 26.4. The minimum Gasteiger partial charge on any atom is -0.461 e. The van der Waals surface area contributed by atoms with Gasteiger partial charge in [-0.25, -0.2) is 0 Å². The van der Waals surface area contributed by atoms with Crippen LogP contribution >= 0.6 is 0 Å². The average Bonchev–Trinajstić information content (AvgIpc) is 2.80. The summed E-state index contributed by atoms with van der Waals surface area (Å²) in [4.78, 5) is 11.8. The molecule has 0 unspecified atom stereocenters. The lowest BCUT2D eigenvalue weighted by atomic mass is 9.86. The van der Waals surface area contributed by atoms with Crippen LogP contribution in [0.3, 0.4) is 0 Å². The van der Waals surface area contributed by atoms with Crippen molar-refractivity contribution in [1.29, 1.82) is 0 Å². The highest BCUT2D eigenvalue weighted by atomic mass is 16.6. The third-order valence-electron chi connectivity index (χ3n) is 6.31. The molecule has 2 rings (SSSR count). The quantitative estimate of drug-likeness (QED) is 0.148. The van der Waals surface area contributed by atoms with E-state index in [0.717, 1.165) is 24.8 Å². The van der Waals surface area contributed by atoms with Gasteiger partial charge in [0, 0.05) is 6.42 Å². The SMILES string of the molecule is CCCCC/C=C\C/C=C/CCCCCCC[C@H](O)C[C@@H]1OC(=O)[C@H]1Cc1ccccc1. The van der Waals surface area contributed by atoms with Gasteiger partial charge >= 0.3 is 5.97 Å². The lowest BCUT2D eigenvalue weighted by Crippen LogP contribution is -2.47. The Balaban J connectivity index is 1.43. The second-order valence-electron chi connectivity index (χ2n) is 9.18. The molecular formula is C29H44O3. The summed E-state index contributed by atoms with van der Waals surface area (Å²) in [6.07, 6.45) is 24.1. The summed E-state index contributed by atoms with van der Waals surface area (Å²) >= 11 is 0. The van der Waals surface area contributed by atoms with E-state index < -0.39 is 0 Å². The molecule has 3 heteroatoms. The van der Waals surface area contributed by atoms with Crippen LogP contribution in [0.15, 0.2) is 54.6 Å². The summed E-state index contributed by atoms with van der Waals surface area (Å²) in [5, 5.41) is 10.4. The maximum atomic E-state index is 11.8. The minimum absolute atomic E-state index is 0.100. The molecule has 0 aromatic heterocycles. The van der Waals surface area contributed by atoms with Gasteiger partial charge < -0.3 is 9.84 Å². The molecule has 0 amide bonds. The van der Waals surface area contributed by atoms with Gasteiger partial charge in [0.05, 0.1) is 12.0 Å². The predicted molar refractivity (Wildman–Crippen MR) is 133 cm³/mol. The molecular weight excluding hydrogens is 396 g/mol. The molecule has 1 heterocycles. The van der Waals surface area contributed by atoms with E-state index in [1.54, 1.807) is 0 Å². The van der Waals surface area contributed by atoms with Crippen molar-refractivity contribution in [2.75, 3.05) is 0 Å². The molecule has 1 N–H and O–H groups in total. The van der Waals surface area contributed by atoms with Gasteiger partial charge in [0.25, 0.3) is 0 Å².